The zero-order valence-electron chi connectivity index (χ0n) is 13.2. The Bertz CT molecular complexity index is 425. The zero-order chi connectivity index (χ0) is 14.7. The van der Waals surface area contributed by atoms with E-state index in [2.05, 4.69) is 66.0 Å². The molecule has 2 rings (SSSR count). The van der Waals surface area contributed by atoms with E-state index < -0.39 is 0 Å². The lowest BCUT2D eigenvalue weighted by atomic mass is 10.0. The minimum Gasteiger partial charge on any atom is -0.382 e. The number of piperidine rings is 1. The van der Waals surface area contributed by atoms with Crippen LogP contribution in [0.15, 0.2) is 16.6 Å². The quantitative estimate of drug-likeness (QED) is 0.863. The minimum atomic E-state index is 0.624. The van der Waals surface area contributed by atoms with Crippen molar-refractivity contribution in [2.75, 3.05) is 25.0 Å². The van der Waals surface area contributed by atoms with Crippen LogP contribution in [0.4, 0.5) is 5.69 Å². The van der Waals surface area contributed by atoms with E-state index in [4.69, 9.17) is 0 Å². The van der Waals surface area contributed by atoms with Crippen LogP contribution in [0.25, 0.3) is 0 Å². The Balaban J connectivity index is 1.89. The van der Waals surface area contributed by atoms with Gasteiger partial charge < -0.3 is 10.2 Å². The Labute approximate surface area is 132 Å². The third-order valence-electron chi connectivity index (χ3n) is 4.02. The Kier molecular flexibility index (Phi) is 5.50. The Hall–Kier alpha value is -0.540. The summed E-state index contributed by atoms with van der Waals surface area (Å²) in [5.74, 6) is 0.774. The van der Waals surface area contributed by atoms with Crippen LogP contribution in [0.5, 0.6) is 0 Å². The second-order valence-electron chi connectivity index (χ2n) is 6.54. The molecule has 2 nitrogen and oxygen atoms in total. The van der Waals surface area contributed by atoms with Crippen LogP contribution in [0.3, 0.4) is 0 Å². The van der Waals surface area contributed by atoms with Crippen molar-refractivity contribution in [1.82, 2.24) is 4.90 Å². The summed E-state index contributed by atoms with van der Waals surface area (Å²) in [7, 11) is 0. The molecule has 1 aromatic carbocycles. The topological polar surface area (TPSA) is 15.3 Å². The smallest absolute Gasteiger partial charge is 0.0348 e. The van der Waals surface area contributed by atoms with Crippen molar-refractivity contribution in [1.29, 1.82) is 0 Å². The monoisotopic (exact) mass is 338 g/mol. The highest BCUT2D eigenvalue weighted by Gasteiger charge is 2.19. The van der Waals surface area contributed by atoms with Gasteiger partial charge in [-0.05, 0) is 55.9 Å². The number of nitrogens with one attached hydrogen (secondary N) is 1. The molecule has 1 fully saturated rings. The molecule has 0 aliphatic carbocycles. The molecule has 0 unspecified atom stereocenters. The number of halogens is 1. The van der Waals surface area contributed by atoms with Crippen LogP contribution in [0.2, 0.25) is 0 Å². The van der Waals surface area contributed by atoms with Crippen LogP contribution in [0.1, 0.15) is 37.8 Å². The van der Waals surface area contributed by atoms with Gasteiger partial charge in [-0.15, -0.1) is 0 Å². The SMILES string of the molecule is Cc1cc(NC2CCN(CC(C)C)CC2)cc(C)c1Br. The molecule has 112 valence electrons. The van der Waals surface area contributed by atoms with Crippen LogP contribution >= 0.6 is 15.9 Å². The van der Waals surface area contributed by atoms with Gasteiger partial charge in [0.2, 0.25) is 0 Å². The van der Waals surface area contributed by atoms with Gasteiger partial charge in [-0.2, -0.15) is 0 Å². The molecular formula is C17H27BrN2. The molecule has 1 N–H and O–H groups in total. The number of hydrogen-bond donors (Lipinski definition) is 1. The van der Waals surface area contributed by atoms with E-state index in [1.54, 1.807) is 0 Å². The average Bonchev–Trinajstić information content (AvgIpc) is 2.37. The molecule has 1 aromatic rings. The lowest BCUT2D eigenvalue weighted by Gasteiger charge is -2.34. The van der Waals surface area contributed by atoms with E-state index in [9.17, 15) is 0 Å². The highest BCUT2D eigenvalue weighted by molar-refractivity contribution is 9.10. The van der Waals surface area contributed by atoms with Crippen LogP contribution in [-0.2, 0) is 0 Å². The molecule has 0 spiro atoms. The molecule has 0 radical (unpaired) electrons. The van der Waals surface area contributed by atoms with Crippen molar-refractivity contribution in [2.24, 2.45) is 5.92 Å². The summed E-state index contributed by atoms with van der Waals surface area (Å²) < 4.78 is 1.23. The Morgan fingerprint density at radius 1 is 1.20 bits per heavy atom. The lowest BCUT2D eigenvalue weighted by molar-refractivity contribution is 0.198. The predicted octanol–water partition coefficient (Wildman–Crippen LogP) is 4.60. The molecule has 20 heavy (non-hydrogen) atoms. The molecule has 1 saturated heterocycles. The number of likely N-dealkylation sites (tertiary alicyclic amines) is 1. The third-order valence-corrected chi connectivity index (χ3v) is 5.27. The summed E-state index contributed by atoms with van der Waals surface area (Å²) >= 11 is 3.63. The maximum Gasteiger partial charge on any atom is 0.0348 e. The van der Waals surface area contributed by atoms with E-state index in [-0.39, 0.29) is 0 Å². The Morgan fingerprint density at radius 2 is 1.75 bits per heavy atom. The maximum atomic E-state index is 3.72. The summed E-state index contributed by atoms with van der Waals surface area (Å²) in [6.07, 6.45) is 2.50. The Morgan fingerprint density at radius 3 is 2.25 bits per heavy atom. The summed E-state index contributed by atoms with van der Waals surface area (Å²) in [5, 5.41) is 3.72. The molecule has 0 bridgehead atoms. The number of aryl methyl sites for hydroxylation is 2. The van der Waals surface area contributed by atoms with Crippen molar-refractivity contribution >= 4 is 21.6 Å². The fourth-order valence-electron chi connectivity index (χ4n) is 3.04. The average molecular weight is 339 g/mol. The van der Waals surface area contributed by atoms with E-state index >= 15 is 0 Å². The number of anilines is 1. The molecule has 1 aliphatic rings. The van der Waals surface area contributed by atoms with Crippen molar-refractivity contribution in [2.45, 2.75) is 46.6 Å². The number of benzene rings is 1. The van der Waals surface area contributed by atoms with E-state index in [1.807, 2.05) is 0 Å². The number of nitrogens with zero attached hydrogens (tertiary/aromatic N) is 1. The summed E-state index contributed by atoms with van der Waals surface area (Å²) in [6, 6.07) is 5.12. The van der Waals surface area contributed by atoms with Crippen LogP contribution in [-0.4, -0.2) is 30.6 Å². The first-order valence-electron chi connectivity index (χ1n) is 7.71. The van der Waals surface area contributed by atoms with Crippen molar-refractivity contribution < 1.29 is 0 Å². The molecule has 0 amide bonds. The minimum absolute atomic E-state index is 0.624. The fraction of sp³-hybridized carbons (Fsp3) is 0.647. The van der Waals surface area contributed by atoms with E-state index in [0.717, 1.165) is 5.92 Å². The summed E-state index contributed by atoms with van der Waals surface area (Å²) in [4.78, 5) is 2.60. The largest absolute Gasteiger partial charge is 0.382 e. The summed E-state index contributed by atoms with van der Waals surface area (Å²) in [6.45, 7) is 12.6. The molecule has 1 heterocycles. The number of rotatable bonds is 4. The van der Waals surface area contributed by atoms with Gasteiger partial charge in [0.05, 0.1) is 0 Å². The standard InChI is InChI=1S/C17H27BrN2/c1-12(2)11-20-7-5-15(6-8-20)19-16-9-13(3)17(18)14(4)10-16/h9-10,12,15,19H,5-8,11H2,1-4H3. The van der Waals surface area contributed by atoms with Gasteiger partial charge in [0.1, 0.15) is 0 Å². The first kappa shape index (κ1) is 15.8. The zero-order valence-corrected chi connectivity index (χ0v) is 14.8. The van der Waals surface area contributed by atoms with Gasteiger partial charge in [0.25, 0.3) is 0 Å². The highest BCUT2D eigenvalue weighted by Crippen LogP contribution is 2.26. The normalized spacial score (nSPS) is 17.7. The van der Waals surface area contributed by atoms with E-state index in [1.165, 1.54) is 53.8 Å². The maximum absolute atomic E-state index is 3.72. The first-order chi connectivity index (χ1) is 9.45. The lowest BCUT2D eigenvalue weighted by Crippen LogP contribution is -2.40. The first-order valence-corrected chi connectivity index (χ1v) is 8.50. The predicted molar refractivity (Wildman–Crippen MR) is 91.5 cm³/mol. The van der Waals surface area contributed by atoms with Gasteiger partial charge in [0, 0.05) is 35.8 Å². The van der Waals surface area contributed by atoms with Crippen LogP contribution in [0, 0.1) is 19.8 Å². The second-order valence-corrected chi connectivity index (χ2v) is 7.33. The molecule has 0 atom stereocenters. The fourth-order valence-corrected chi connectivity index (χ4v) is 3.27. The van der Waals surface area contributed by atoms with Crippen LogP contribution < -0.4 is 5.32 Å². The molecule has 3 heteroatoms. The summed E-state index contributed by atoms with van der Waals surface area (Å²) in [5.41, 5.74) is 3.89. The highest BCUT2D eigenvalue weighted by atomic mass is 79.9. The van der Waals surface area contributed by atoms with Crippen molar-refractivity contribution in [3.8, 4) is 0 Å². The third kappa shape index (κ3) is 4.23. The van der Waals surface area contributed by atoms with Gasteiger partial charge in [-0.1, -0.05) is 29.8 Å². The molecule has 0 saturated carbocycles. The van der Waals surface area contributed by atoms with Crippen molar-refractivity contribution in [3.63, 3.8) is 0 Å². The van der Waals surface area contributed by atoms with Gasteiger partial charge in [0.15, 0.2) is 0 Å². The molecule has 0 aromatic heterocycles. The van der Waals surface area contributed by atoms with Gasteiger partial charge >= 0.3 is 0 Å². The second kappa shape index (κ2) is 6.95. The number of hydrogen-bond acceptors (Lipinski definition) is 2. The van der Waals surface area contributed by atoms with Gasteiger partial charge in [-0.25, -0.2) is 0 Å². The molecule has 1 aliphatic heterocycles. The van der Waals surface area contributed by atoms with Crippen molar-refractivity contribution in [3.05, 3.63) is 27.7 Å². The molecular weight excluding hydrogens is 312 g/mol. The van der Waals surface area contributed by atoms with E-state index in [0.29, 0.717) is 6.04 Å². The van der Waals surface area contributed by atoms with Gasteiger partial charge in [-0.3, -0.25) is 0 Å².